The Hall–Kier alpha value is -2.38. The molecular formula is C21H18BrIN2O4. The Kier molecular flexibility index (Phi) is 8.22. The standard InChI is InChI=1S/C21H18BrIN2O4/c1-12-4-5-13(2)18(6-12)25-21(27)15(10-24)7-14-8-16(22)20(17(23)9-14)29-11-19(26)28-3/h4-9H,11H2,1-3H3,(H,25,27)/b15-7+. The highest BCUT2D eigenvalue weighted by Gasteiger charge is 2.14. The Morgan fingerprint density at radius 3 is 2.62 bits per heavy atom. The number of amides is 1. The van der Waals surface area contributed by atoms with Gasteiger partial charge in [-0.25, -0.2) is 4.79 Å². The largest absolute Gasteiger partial charge is 0.480 e. The summed E-state index contributed by atoms with van der Waals surface area (Å²) >= 11 is 5.45. The van der Waals surface area contributed by atoms with Crippen LogP contribution >= 0.6 is 38.5 Å². The summed E-state index contributed by atoms with van der Waals surface area (Å²) in [5.41, 5.74) is 3.19. The van der Waals surface area contributed by atoms with Gasteiger partial charge < -0.3 is 14.8 Å². The summed E-state index contributed by atoms with van der Waals surface area (Å²) in [4.78, 5) is 23.8. The number of rotatable bonds is 6. The van der Waals surface area contributed by atoms with Crippen LogP contribution in [0.15, 0.2) is 40.4 Å². The van der Waals surface area contributed by atoms with Crippen molar-refractivity contribution in [3.05, 3.63) is 60.6 Å². The second-order valence-corrected chi connectivity index (χ2v) is 8.14. The number of nitrogens with zero attached hydrogens (tertiary/aromatic N) is 1. The number of hydrogen-bond donors (Lipinski definition) is 1. The molecule has 0 fully saturated rings. The number of carbonyl (C=O) groups is 2. The second kappa shape index (κ2) is 10.4. The van der Waals surface area contributed by atoms with Crippen LogP contribution in [0, 0.1) is 28.7 Å². The van der Waals surface area contributed by atoms with E-state index in [9.17, 15) is 14.9 Å². The van der Waals surface area contributed by atoms with Crippen LogP contribution in [-0.4, -0.2) is 25.6 Å². The smallest absolute Gasteiger partial charge is 0.343 e. The number of aryl methyl sites for hydroxylation is 2. The Balaban J connectivity index is 2.26. The molecule has 6 nitrogen and oxygen atoms in total. The van der Waals surface area contributed by atoms with Crippen molar-refractivity contribution in [3.63, 3.8) is 0 Å². The lowest BCUT2D eigenvalue weighted by Crippen LogP contribution is -2.14. The van der Waals surface area contributed by atoms with Crippen LogP contribution in [0.25, 0.3) is 6.08 Å². The monoisotopic (exact) mass is 568 g/mol. The van der Waals surface area contributed by atoms with Gasteiger partial charge in [0, 0.05) is 5.69 Å². The van der Waals surface area contributed by atoms with Gasteiger partial charge >= 0.3 is 5.97 Å². The van der Waals surface area contributed by atoms with Crippen molar-refractivity contribution in [2.24, 2.45) is 0 Å². The van der Waals surface area contributed by atoms with Crippen LogP contribution in [0.2, 0.25) is 0 Å². The quantitative estimate of drug-likeness (QED) is 0.235. The fraction of sp³-hybridized carbons (Fsp3) is 0.190. The zero-order chi connectivity index (χ0) is 21.6. The zero-order valence-electron chi connectivity index (χ0n) is 16.0. The first kappa shape index (κ1) is 22.9. The number of nitrogens with one attached hydrogen (secondary N) is 1. The minimum Gasteiger partial charge on any atom is -0.480 e. The summed E-state index contributed by atoms with van der Waals surface area (Å²) in [6, 6.07) is 11.1. The van der Waals surface area contributed by atoms with E-state index in [0.717, 1.165) is 11.1 Å². The molecule has 150 valence electrons. The van der Waals surface area contributed by atoms with Gasteiger partial charge in [-0.2, -0.15) is 5.26 Å². The van der Waals surface area contributed by atoms with E-state index in [1.54, 1.807) is 12.1 Å². The number of ether oxygens (including phenoxy) is 2. The molecule has 0 saturated heterocycles. The highest BCUT2D eigenvalue weighted by molar-refractivity contribution is 14.1. The molecule has 2 aromatic carbocycles. The van der Waals surface area contributed by atoms with Crippen LogP contribution in [0.5, 0.6) is 5.75 Å². The molecule has 29 heavy (non-hydrogen) atoms. The van der Waals surface area contributed by atoms with Gasteiger partial charge in [0.15, 0.2) is 6.61 Å². The van der Waals surface area contributed by atoms with Crippen molar-refractivity contribution in [2.75, 3.05) is 19.0 Å². The summed E-state index contributed by atoms with van der Waals surface area (Å²) in [5.74, 6) is -0.503. The fourth-order valence-corrected chi connectivity index (χ4v) is 4.13. The molecule has 1 amide bonds. The van der Waals surface area contributed by atoms with Crippen molar-refractivity contribution in [1.29, 1.82) is 5.26 Å². The van der Waals surface area contributed by atoms with Crippen LogP contribution in [0.4, 0.5) is 5.69 Å². The molecule has 2 aromatic rings. The molecule has 1 N–H and O–H groups in total. The molecule has 0 heterocycles. The maximum atomic E-state index is 12.6. The zero-order valence-corrected chi connectivity index (χ0v) is 19.8. The molecule has 0 aliphatic rings. The molecular weight excluding hydrogens is 551 g/mol. The van der Waals surface area contributed by atoms with Gasteiger partial charge in [0.05, 0.1) is 15.2 Å². The van der Waals surface area contributed by atoms with Crippen molar-refractivity contribution in [1.82, 2.24) is 0 Å². The van der Waals surface area contributed by atoms with Crippen molar-refractivity contribution < 1.29 is 19.1 Å². The van der Waals surface area contributed by atoms with Gasteiger partial charge in [-0.15, -0.1) is 0 Å². The van der Waals surface area contributed by atoms with Gasteiger partial charge in [-0.3, -0.25) is 4.79 Å². The van der Waals surface area contributed by atoms with Crippen LogP contribution in [0.3, 0.4) is 0 Å². The van der Waals surface area contributed by atoms with Gasteiger partial charge in [-0.1, -0.05) is 12.1 Å². The minimum atomic E-state index is -0.494. The molecule has 0 aromatic heterocycles. The number of anilines is 1. The minimum absolute atomic E-state index is 0.0307. The van der Waals surface area contributed by atoms with Gasteiger partial charge in [0.2, 0.25) is 0 Å². The third-order valence-corrected chi connectivity index (χ3v) is 5.29. The third-order valence-electron chi connectivity index (χ3n) is 3.90. The number of hydrogen-bond acceptors (Lipinski definition) is 5. The third kappa shape index (κ3) is 6.30. The molecule has 0 unspecified atom stereocenters. The highest BCUT2D eigenvalue weighted by Crippen LogP contribution is 2.33. The summed E-state index contributed by atoms with van der Waals surface area (Å²) in [6.45, 7) is 3.60. The first-order valence-electron chi connectivity index (χ1n) is 8.44. The van der Waals surface area contributed by atoms with E-state index in [0.29, 0.717) is 25.0 Å². The van der Waals surface area contributed by atoms with Gasteiger partial charge in [-0.05, 0) is 93.3 Å². The molecule has 0 saturated carbocycles. The number of nitriles is 1. The van der Waals surface area contributed by atoms with E-state index < -0.39 is 11.9 Å². The van der Waals surface area contributed by atoms with Crippen molar-refractivity contribution in [2.45, 2.75) is 13.8 Å². The average molecular weight is 569 g/mol. The number of methoxy groups -OCH3 is 1. The molecule has 0 aliphatic heterocycles. The lowest BCUT2D eigenvalue weighted by molar-refractivity contribution is -0.142. The Bertz CT molecular complexity index is 1000. The molecule has 0 aliphatic carbocycles. The fourth-order valence-electron chi connectivity index (χ4n) is 2.37. The van der Waals surface area contributed by atoms with E-state index >= 15 is 0 Å². The number of halogens is 2. The lowest BCUT2D eigenvalue weighted by Gasteiger charge is -2.11. The Morgan fingerprint density at radius 1 is 1.28 bits per heavy atom. The van der Waals surface area contributed by atoms with Crippen molar-refractivity contribution >= 4 is 62.2 Å². The molecule has 0 bridgehead atoms. The second-order valence-electron chi connectivity index (χ2n) is 6.12. The van der Waals surface area contributed by atoms with Gasteiger partial charge in [0.1, 0.15) is 17.4 Å². The van der Waals surface area contributed by atoms with Crippen LogP contribution < -0.4 is 10.1 Å². The lowest BCUT2D eigenvalue weighted by atomic mass is 10.1. The average Bonchev–Trinajstić information content (AvgIpc) is 2.67. The normalized spacial score (nSPS) is 10.8. The van der Waals surface area contributed by atoms with Crippen LogP contribution in [0.1, 0.15) is 16.7 Å². The number of benzene rings is 2. The van der Waals surface area contributed by atoms with Gasteiger partial charge in [0.25, 0.3) is 5.91 Å². The summed E-state index contributed by atoms with van der Waals surface area (Å²) in [6.07, 6.45) is 1.50. The van der Waals surface area contributed by atoms with E-state index in [1.807, 2.05) is 38.1 Å². The van der Waals surface area contributed by atoms with Crippen molar-refractivity contribution in [3.8, 4) is 11.8 Å². The summed E-state index contributed by atoms with van der Waals surface area (Å²) < 4.78 is 11.3. The molecule has 0 radical (unpaired) electrons. The first-order chi connectivity index (χ1) is 13.7. The maximum Gasteiger partial charge on any atom is 0.343 e. The van der Waals surface area contributed by atoms with E-state index in [-0.39, 0.29) is 12.2 Å². The van der Waals surface area contributed by atoms with E-state index in [1.165, 1.54) is 13.2 Å². The molecule has 2 rings (SSSR count). The van der Waals surface area contributed by atoms with E-state index in [2.05, 4.69) is 48.6 Å². The SMILES string of the molecule is COC(=O)COc1c(Br)cc(/C=C(\C#N)C(=O)Nc2cc(C)ccc2C)cc1I. The number of carbonyl (C=O) groups excluding carboxylic acids is 2. The molecule has 0 spiro atoms. The number of esters is 1. The Labute approximate surface area is 191 Å². The topological polar surface area (TPSA) is 88.4 Å². The summed E-state index contributed by atoms with van der Waals surface area (Å²) in [7, 11) is 1.28. The highest BCUT2D eigenvalue weighted by atomic mass is 127. The Morgan fingerprint density at radius 2 is 2.00 bits per heavy atom. The van der Waals surface area contributed by atoms with Crippen LogP contribution in [-0.2, 0) is 14.3 Å². The summed E-state index contributed by atoms with van der Waals surface area (Å²) in [5, 5.41) is 12.2. The molecule has 0 atom stereocenters. The predicted molar refractivity (Wildman–Crippen MR) is 123 cm³/mol. The predicted octanol–water partition coefficient (Wildman–Crippen LogP) is 4.77. The maximum absolute atomic E-state index is 12.6. The molecule has 8 heteroatoms. The van der Waals surface area contributed by atoms with E-state index in [4.69, 9.17) is 4.74 Å². The first-order valence-corrected chi connectivity index (χ1v) is 10.3.